The molecule has 0 bridgehead atoms. The number of ether oxygens (including phenoxy) is 1. The van der Waals surface area contributed by atoms with Gasteiger partial charge in [-0.3, -0.25) is 9.59 Å². The average Bonchev–Trinajstić information content (AvgIpc) is 2.90. The van der Waals surface area contributed by atoms with E-state index in [0.717, 1.165) is 22.3 Å². The smallest absolute Gasteiger partial charge is 0.408 e. The highest BCUT2D eigenvalue weighted by atomic mass is 35.5. The molecule has 3 aromatic rings. The number of para-hydroxylation sites is 1. The summed E-state index contributed by atoms with van der Waals surface area (Å²) in [5.74, 6) is -1.05. The molecule has 0 radical (unpaired) electrons. The van der Waals surface area contributed by atoms with Crippen LogP contribution in [-0.2, 0) is 20.7 Å². The number of aryl methyl sites for hydroxylation is 3. The topological polar surface area (TPSA) is 108 Å². The molecule has 3 rings (SSSR count). The first-order valence-corrected chi connectivity index (χ1v) is 14.3. The predicted molar refractivity (Wildman–Crippen MR) is 166 cm³/mol. The number of benzene rings is 3. The van der Waals surface area contributed by atoms with Gasteiger partial charge in [0.1, 0.15) is 17.7 Å². The third kappa shape index (κ3) is 8.81. The number of carbonyl (C=O) groups excluding carboxylic acids is 3. The molecule has 3 N–H and O–H groups in total. The zero-order valence-corrected chi connectivity index (χ0v) is 25.8. The Labute approximate surface area is 253 Å². The van der Waals surface area contributed by atoms with E-state index in [1.165, 1.54) is 4.90 Å². The van der Waals surface area contributed by atoms with Gasteiger partial charge < -0.3 is 25.4 Å². The van der Waals surface area contributed by atoms with Gasteiger partial charge in [0.25, 0.3) is 5.91 Å². The summed E-state index contributed by atoms with van der Waals surface area (Å²) in [6, 6.07) is 17.9. The maximum absolute atomic E-state index is 14.4. The SMILES string of the molecule is Cc1ccc(C(C(=O)Nc2c(C)cccc2Cl)N(CCO)C(=O)C(Cc2ccccc2)NC(=O)OC(C)(C)C)c(C)c1. The molecular weight excluding hydrogens is 554 g/mol. The van der Waals surface area contributed by atoms with Crippen LogP contribution in [0.3, 0.4) is 0 Å². The van der Waals surface area contributed by atoms with Crippen molar-refractivity contribution in [1.82, 2.24) is 10.2 Å². The van der Waals surface area contributed by atoms with Crippen LogP contribution >= 0.6 is 11.6 Å². The molecule has 3 amide bonds. The van der Waals surface area contributed by atoms with Crippen molar-refractivity contribution in [3.63, 3.8) is 0 Å². The third-order valence-corrected chi connectivity index (χ3v) is 6.96. The highest BCUT2D eigenvalue weighted by Crippen LogP contribution is 2.31. The molecule has 0 aromatic heterocycles. The van der Waals surface area contributed by atoms with Gasteiger partial charge in [0.15, 0.2) is 0 Å². The Bertz CT molecular complexity index is 1380. The van der Waals surface area contributed by atoms with Crippen molar-refractivity contribution in [3.8, 4) is 0 Å². The van der Waals surface area contributed by atoms with Gasteiger partial charge in [-0.2, -0.15) is 0 Å². The standard InChI is InChI=1S/C33H40ClN3O5/c1-21-15-16-25(23(3)19-21)29(30(39)36-28-22(2)11-10-14-26(28)34)37(17-18-38)31(40)27(20-24-12-8-7-9-13-24)35-32(41)42-33(4,5)6/h7-16,19,27,29,38H,17-18,20H2,1-6H3,(H,35,41)(H,36,39). The van der Waals surface area contributed by atoms with Gasteiger partial charge in [-0.05, 0) is 69.9 Å². The second-order valence-electron chi connectivity index (χ2n) is 11.3. The minimum absolute atomic E-state index is 0.145. The molecule has 224 valence electrons. The highest BCUT2D eigenvalue weighted by Gasteiger charge is 2.37. The lowest BCUT2D eigenvalue weighted by molar-refractivity contribution is -0.141. The Morgan fingerprint density at radius 1 is 0.952 bits per heavy atom. The molecule has 0 saturated carbocycles. The third-order valence-electron chi connectivity index (χ3n) is 6.65. The predicted octanol–water partition coefficient (Wildman–Crippen LogP) is 5.90. The number of aliphatic hydroxyl groups excluding tert-OH is 1. The Morgan fingerprint density at radius 2 is 1.64 bits per heavy atom. The summed E-state index contributed by atoms with van der Waals surface area (Å²) in [4.78, 5) is 42.7. The summed E-state index contributed by atoms with van der Waals surface area (Å²) in [5, 5.41) is 16.1. The Kier molecular flexibility index (Phi) is 11.1. The fourth-order valence-electron chi connectivity index (χ4n) is 4.74. The fraction of sp³-hybridized carbons (Fsp3) is 0.364. The molecule has 2 unspecified atom stereocenters. The summed E-state index contributed by atoms with van der Waals surface area (Å²) >= 11 is 6.43. The number of nitrogens with one attached hydrogen (secondary N) is 2. The van der Waals surface area contributed by atoms with E-state index in [0.29, 0.717) is 16.3 Å². The van der Waals surface area contributed by atoms with Crippen LogP contribution in [0.15, 0.2) is 66.7 Å². The summed E-state index contributed by atoms with van der Waals surface area (Å²) < 4.78 is 5.46. The van der Waals surface area contributed by atoms with Crippen LogP contribution in [0.1, 0.15) is 54.6 Å². The van der Waals surface area contributed by atoms with Crippen molar-refractivity contribution in [2.24, 2.45) is 0 Å². The minimum atomic E-state index is -1.14. The lowest BCUT2D eigenvalue weighted by Gasteiger charge is -2.35. The molecule has 0 aliphatic rings. The number of carbonyl (C=O) groups is 3. The summed E-state index contributed by atoms with van der Waals surface area (Å²) in [7, 11) is 0. The van der Waals surface area contributed by atoms with Crippen molar-refractivity contribution < 1.29 is 24.2 Å². The van der Waals surface area contributed by atoms with Crippen molar-refractivity contribution in [2.45, 2.75) is 65.6 Å². The van der Waals surface area contributed by atoms with Gasteiger partial charge in [0, 0.05) is 13.0 Å². The molecule has 0 saturated heterocycles. The summed E-state index contributed by atoms with van der Waals surface area (Å²) in [6.45, 7) is 10.3. The zero-order valence-electron chi connectivity index (χ0n) is 25.0. The van der Waals surface area contributed by atoms with Crippen LogP contribution in [0.25, 0.3) is 0 Å². The summed E-state index contributed by atoms with van der Waals surface area (Å²) in [5.41, 5.74) is 3.57. The van der Waals surface area contributed by atoms with E-state index in [9.17, 15) is 19.5 Å². The van der Waals surface area contributed by atoms with E-state index >= 15 is 0 Å². The van der Waals surface area contributed by atoms with E-state index in [1.54, 1.807) is 39.0 Å². The average molecular weight is 594 g/mol. The number of aliphatic hydroxyl groups is 1. The lowest BCUT2D eigenvalue weighted by Crippen LogP contribution is -2.54. The Balaban J connectivity index is 2.09. The van der Waals surface area contributed by atoms with Gasteiger partial charge in [0.05, 0.1) is 17.3 Å². The van der Waals surface area contributed by atoms with Crippen LogP contribution in [0.5, 0.6) is 0 Å². The molecular formula is C33H40ClN3O5. The molecule has 9 heteroatoms. The van der Waals surface area contributed by atoms with Crippen LogP contribution in [0, 0.1) is 20.8 Å². The van der Waals surface area contributed by atoms with Crippen molar-refractivity contribution in [2.75, 3.05) is 18.5 Å². The quantitative estimate of drug-likeness (QED) is 0.271. The minimum Gasteiger partial charge on any atom is -0.444 e. The molecule has 2 atom stereocenters. The van der Waals surface area contributed by atoms with Crippen molar-refractivity contribution >= 4 is 35.2 Å². The highest BCUT2D eigenvalue weighted by molar-refractivity contribution is 6.34. The van der Waals surface area contributed by atoms with Crippen molar-refractivity contribution in [1.29, 1.82) is 0 Å². The number of alkyl carbamates (subject to hydrolysis) is 1. The fourth-order valence-corrected chi connectivity index (χ4v) is 5.01. The Hall–Kier alpha value is -3.88. The zero-order chi connectivity index (χ0) is 31.0. The van der Waals surface area contributed by atoms with Crippen LogP contribution in [-0.4, -0.2) is 52.7 Å². The van der Waals surface area contributed by atoms with E-state index < -0.39 is 42.2 Å². The first kappa shape index (κ1) is 32.6. The van der Waals surface area contributed by atoms with E-state index in [-0.39, 0.29) is 13.0 Å². The van der Waals surface area contributed by atoms with E-state index in [1.807, 2.05) is 69.3 Å². The normalized spacial score (nSPS) is 12.7. The molecule has 0 spiro atoms. The number of nitrogens with zero attached hydrogens (tertiary/aromatic N) is 1. The molecule has 0 heterocycles. The molecule has 0 aliphatic heterocycles. The number of halogens is 1. The Morgan fingerprint density at radius 3 is 2.24 bits per heavy atom. The van der Waals surface area contributed by atoms with Gasteiger partial charge in [-0.25, -0.2) is 4.79 Å². The molecule has 3 aromatic carbocycles. The molecule has 8 nitrogen and oxygen atoms in total. The van der Waals surface area contributed by atoms with Crippen molar-refractivity contribution in [3.05, 3.63) is 99.6 Å². The number of anilines is 1. The van der Waals surface area contributed by atoms with Gasteiger partial charge in [-0.15, -0.1) is 0 Å². The number of hydrogen-bond donors (Lipinski definition) is 3. The molecule has 42 heavy (non-hydrogen) atoms. The van der Waals surface area contributed by atoms with Gasteiger partial charge >= 0.3 is 6.09 Å². The second kappa shape index (κ2) is 14.3. The van der Waals surface area contributed by atoms with E-state index in [2.05, 4.69) is 10.6 Å². The number of amides is 3. The first-order chi connectivity index (χ1) is 19.8. The molecule has 0 fully saturated rings. The van der Waals surface area contributed by atoms with Crippen LogP contribution < -0.4 is 10.6 Å². The maximum atomic E-state index is 14.4. The monoisotopic (exact) mass is 593 g/mol. The maximum Gasteiger partial charge on any atom is 0.408 e. The lowest BCUT2D eigenvalue weighted by atomic mass is 9.95. The summed E-state index contributed by atoms with van der Waals surface area (Å²) in [6.07, 6.45) is -0.619. The number of hydrogen-bond acceptors (Lipinski definition) is 5. The number of rotatable bonds is 10. The molecule has 0 aliphatic carbocycles. The second-order valence-corrected chi connectivity index (χ2v) is 11.7. The van der Waals surface area contributed by atoms with Crippen LogP contribution in [0.4, 0.5) is 10.5 Å². The van der Waals surface area contributed by atoms with E-state index in [4.69, 9.17) is 16.3 Å². The first-order valence-electron chi connectivity index (χ1n) is 13.9. The largest absolute Gasteiger partial charge is 0.444 e. The van der Waals surface area contributed by atoms with Gasteiger partial charge in [0.2, 0.25) is 5.91 Å². The van der Waals surface area contributed by atoms with Gasteiger partial charge in [-0.1, -0.05) is 77.8 Å². The van der Waals surface area contributed by atoms with Crippen LogP contribution in [0.2, 0.25) is 5.02 Å².